The van der Waals surface area contributed by atoms with Gasteiger partial charge in [-0.3, -0.25) is 0 Å². The number of hydrogen-bond acceptors (Lipinski definition) is 5. The summed E-state index contributed by atoms with van der Waals surface area (Å²) in [4.78, 5) is 11.4. The summed E-state index contributed by atoms with van der Waals surface area (Å²) in [5.41, 5.74) is 0. The Morgan fingerprint density at radius 2 is 1.96 bits per heavy atom. The van der Waals surface area contributed by atoms with E-state index in [0.717, 1.165) is 5.92 Å². The van der Waals surface area contributed by atoms with Gasteiger partial charge in [-0.25, -0.2) is 4.79 Å². The topological polar surface area (TPSA) is 47.6 Å². The Labute approximate surface area is 163 Å². The zero-order valence-electron chi connectivity index (χ0n) is 16.7. The zero-order chi connectivity index (χ0) is 19.1. The molecule has 0 unspecified atom stereocenters. The summed E-state index contributed by atoms with van der Waals surface area (Å²) in [6, 6.07) is 0. The van der Waals surface area contributed by atoms with Gasteiger partial charge in [0.25, 0.3) is 0 Å². The van der Waals surface area contributed by atoms with Crippen molar-refractivity contribution in [2.45, 2.75) is 64.9 Å². The Morgan fingerprint density at radius 1 is 1.24 bits per heavy atom. The van der Waals surface area contributed by atoms with Crippen LogP contribution in [0.1, 0.15) is 54.4 Å². The molecule has 0 aromatic rings. The molecule has 4 nitrogen and oxygen atoms in total. The standard InChI is InChI=1S/C18H35BNO3S2/c1-15(2)8-9-18(5,6)25-24-14-22-12-13-23-17(21)20-11-7-10-19-16(3)4/h7,10,15-16H,8-9,11-14H2,1-6H3,(H,20,21)/b10-7+. The minimum Gasteiger partial charge on any atom is -0.447 e. The molecule has 1 amide bonds. The summed E-state index contributed by atoms with van der Waals surface area (Å²) in [5.74, 6) is 3.81. The van der Waals surface area contributed by atoms with Gasteiger partial charge in [0.1, 0.15) is 19.8 Å². The fraction of sp³-hybridized carbons (Fsp3) is 0.833. The fourth-order valence-electron chi connectivity index (χ4n) is 1.71. The quantitative estimate of drug-likeness (QED) is 0.189. The first kappa shape index (κ1) is 24.7. The summed E-state index contributed by atoms with van der Waals surface area (Å²) in [5, 5.41) is 2.67. The Morgan fingerprint density at radius 3 is 2.60 bits per heavy atom. The number of carbonyl (C=O) groups is 1. The van der Waals surface area contributed by atoms with E-state index in [1.807, 2.05) is 22.8 Å². The average molecular weight is 388 g/mol. The van der Waals surface area contributed by atoms with Gasteiger partial charge in [-0.1, -0.05) is 61.2 Å². The first-order valence-electron chi connectivity index (χ1n) is 9.02. The predicted octanol–water partition coefficient (Wildman–Crippen LogP) is 5.33. The molecule has 7 heteroatoms. The molecule has 145 valence electrons. The zero-order valence-corrected chi connectivity index (χ0v) is 18.3. The molecule has 0 aromatic heterocycles. The van der Waals surface area contributed by atoms with E-state index in [4.69, 9.17) is 9.47 Å². The van der Waals surface area contributed by atoms with E-state index in [1.54, 1.807) is 10.8 Å². The molecule has 0 aliphatic rings. The van der Waals surface area contributed by atoms with Crippen LogP contribution in [0.3, 0.4) is 0 Å². The molecule has 0 spiro atoms. The minimum atomic E-state index is -0.408. The van der Waals surface area contributed by atoms with Gasteiger partial charge in [0.15, 0.2) is 0 Å². The lowest BCUT2D eigenvalue weighted by Gasteiger charge is -2.24. The second-order valence-electron chi connectivity index (χ2n) is 7.30. The maximum absolute atomic E-state index is 11.4. The molecule has 0 aromatic carbocycles. The van der Waals surface area contributed by atoms with E-state index in [-0.39, 0.29) is 11.4 Å². The van der Waals surface area contributed by atoms with E-state index >= 15 is 0 Å². The Balaban J connectivity index is 3.51. The monoisotopic (exact) mass is 388 g/mol. The molecule has 0 bridgehead atoms. The maximum Gasteiger partial charge on any atom is 0.407 e. The molecular formula is C18H35BNO3S2. The molecule has 0 atom stereocenters. The van der Waals surface area contributed by atoms with E-state index in [2.05, 4.69) is 54.1 Å². The number of nitrogens with one attached hydrogen (secondary N) is 1. The van der Waals surface area contributed by atoms with Crippen LogP contribution in [0, 0.1) is 5.92 Å². The molecule has 0 aliphatic carbocycles. The number of alkyl carbamates (subject to hydrolysis) is 1. The number of amides is 1. The molecular weight excluding hydrogens is 353 g/mol. The highest BCUT2D eigenvalue weighted by atomic mass is 33.1. The normalized spacial score (nSPS) is 12.2. The van der Waals surface area contributed by atoms with E-state index in [0.29, 0.717) is 24.9 Å². The lowest BCUT2D eigenvalue weighted by molar-refractivity contribution is 0.0940. The number of carbonyl (C=O) groups excluding carboxylic acids is 1. The van der Waals surface area contributed by atoms with Gasteiger partial charge >= 0.3 is 6.09 Å². The van der Waals surface area contributed by atoms with Crippen LogP contribution in [0.15, 0.2) is 12.1 Å². The van der Waals surface area contributed by atoms with E-state index < -0.39 is 6.09 Å². The molecule has 1 radical (unpaired) electrons. The number of ether oxygens (including phenoxy) is 2. The van der Waals surface area contributed by atoms with Crippen LogP contribution in [0.5, 0.6) is 0 Å². The van der Waals surface area contributed by atoms with Crippen molar-refractivity contribution in [3.8, 4) is 0 Å². The lowest BCUT2D eigenvalue weighted by Crippen LogP contribution is -2.25. The molecule has 0 aliphatic heterocycles. The molecule has 1 N–H and O–H groups in total. The second-order valence-corrected chi connectivity index (χ2v) is 10.3. The molecule has 25 heavy (non-hydrogen) atoms. The highest BCUT2D eigenvalue weighted by Crippen LogP contribution is 2.39. The molecule has 0 heterocycles. The van der Waals surface area contributed by atoms with Gasteiger partial charge in [0.2, 0.25) is 0 Å². The summed E-state index contributed by atoms with van der Waals surface area (Å²) in [6.07, 6.45) is 3.94. The van der Waals surface area contributed by atoms with E-state index in [9.17, 15) is 4.79 Å². The lowest BCUT2D eigenvalue weighted by atomic mass is 9.66. The summed E-state index contributed by atoms with van der Waals surface area (Å²) in [6.45, 7) is 14.4. The van der Waals surface area contributed by atoms with Crippen LogP contribution < -0.4 is 5.32 Å². The molecule has 0 saturated carbocycles. The van der Waals surface area contributed by atoms with Crippen molar-refractivity contribution in [2.75, 3.05) is 25.7 Å². The van der Waals surface area contributed by atoms with Gasteiger partial charge in [-0.2, -0.15) is 0 Å². The highest BCUT2D eigenvalue weighted by molar-refractivity contribution is 8.77. The molecule has 0 fully saturated rings. The van der Waals surface area contributed by atoms with Crippen LogP contribution in [0.25, 0.3) is 0 Å². The van der Waals surface area contributed by atoms with Crippen LogP contribution >= 0.6 is 21.6 Å². The Hall–Kier alpha value is -0.265. The first-order valence-corrected chi connectivity index (χ1v) is 11.3. The largest absolute Gasteiger partial charge is 0.447 e. The van der Waals surface area contributed by atoms with Crippen molar-refractivity contribution < 1.29 is 14.3 Å². The van der Waals surface area contributed by atoms with Crippen molar-refractivity contribution in [2.24, 2.45) is 5.92 Å². The number of hydrogen-bond donors (Lipinski definition) is 1. The first-order chi connectivity index (χ1) is 11.7. The van der Waals surface area contributed by atoms with Crippen LogP contribution in [0.4, 0.5) is 4.79 Å². The Bertz CT molecular complexity index is 377. The third-order valence-corrected chi connectivity index (χ3v) is 6.23. The SMILES string of the molecule is CC(C)[B]/C=C/CNC(=O)OCCOCSSC(C)(C)CCC(C)C. The van der Waals surface area contributed by atoms with Gasteiger partial charge in [-0.15, -0.1) is 5.98 Å². The highest BCUT2D eigenvalue weighted by Gasteiger charge is 2.19. The average Bonchev–Trinajstić information content (AvgIpc) is 2.51. The maximum atomic E-state index is 11.4. The van der Waals surface area contributed by atoms with Crippen molar-refractivity contribution in [1.82, 2.24) is 5.32 Å². The molecule has 0 saturated heterocycles. The predicted molar refractivity (Wildman–Crippen MR) is 113 cm³/mol. The Kier molecular flexibility index (Phi) is 14.7. The summed E-state index contributed by atoms with van der Waals surface area (Å²) >= 11 is 0. The fourth-order valence-corrected chi connectivity index (χ4v) is 4.02. The van der Waals surface area contributed by atoms with Crippen molar-refractivity contribution >= 4 is 35.0 Å². The minimum absolute atomic E-state index is 0.259. The third-order valence-electron chi connectivity index (χ3n) is 3.20. The number of rotatable bonds is 14. The van der Waals surface area contributed by atoms with Gasteiger partial charge < -0.3 is 14.8 Å². The van der Waals surface area contributed by atoms with Gasteiger partial charge in [0.05, 0.1) is 6.61 Å². The van der Waals surface area contributed by atoms with Crippen molar-refractivity contribution in [3.05, 3.63) is 12.1 Å². The molecule has 0 rings (SSSR count). The van der Waals surface area contributed by atoms with Crippen molar-refractivity contribution in [1.29, 1.82) is 0 Å². The van der Waals surface area contributed by atoms with Gasteiger partial charge in [-0.05, 0) is 32.6 Å². The van der Waals surface area contributed by atoms with Crippen LogP contribution in [0.2, 0.25) is 5.82 Å². The van der Waals surface area contributed by atoms with E-state index in [1.165, 1.54) is 12.8 Å². The van der Waals surface area contributed by atoms with Crippen LogP contribution in [-0.4, -0.2) is 43.8 Å². The van der Waals surface area contributed by atoms with Crippen molar-refractivity contribution in [3.63, 3.8) is 0 Å². The van der Waals surface area contributed by atoms with Gasteiger partial charge in [0, 0.05) is 11.3 Å². The van der Waals surface area contributed by atoms with Crippen LogP contribution in [-0.2, 0) is 9.47 Å². The summed E-state index contributed by atoms with van der Waals surface area (Å²) < 4.78 is 10.8. The third kappa shape index (κ3) is 18.3. The summed E-state index contributed by atoms with van der Waals surface area (Å²) in [7, 11) is 5.65. The smallest absolute Gasteiger partial charge is 0.407 e. The second kappa shape index (κ2) is 14.9.